The molecule has 4 aromatic rings. The minimum atomic E-state index is -1.24. The molecule has 0 saturated carbocycles. The standard InChI is InChI=1S/2C16H16N2O3S.2H2O.Sr/c2*1-9(2)8-21-13-5-4-11(6-12(13)7-17)15-18-10(3)14(22-15)16(19)20;;;/h2*4-6,9H,8H2,1-3H3,(H,19,20);2*1H2;/q;;;;+2/p-2. The smallest absolute Gasteiger partial charge is 0.544 e. The molecule has 2 aromatic heterocycles. The number of hydrogen-bond donors (Lipinski definition) is 0. The van der Waals surface area contributed by atoms with E-state index in [1.807, 2.05) is 27.7 Å². The summed E-state index contributed by atoms with van der Waals surface area (Å²) in [5.74, 6) is -0.712. The van der Waals surface area contributed by atoms with Crippen LogP contribution in [0.15, 0.2) is 36.4 Å². The van der Waals surface area contributed by atoms with Gasteiger partial charge >= 0.3 is 45.5 Å². The molecule has 0 amide bonds. The number of aromatic nitrogens is 2. The van der Waals surface area contributed by atoms with Gasteiger partial charge in [-0.25, -0.2) is 9.97 Å². The zero-order valence-corrected chi connectivity index (χ0v) is 31.9. The van der Waals surface area contributed by atoms with Crippen molar-refractivity contribution in [2.75, 3.05) is 13.2 Å². The Bertz CT molecular complexity index is 1630. The number of ether oxygens (including phenoxy) is 2. The number of hydrogen-bond acceptors (Lipinski definition) is 12. The minimum absolute atomic E-state index is 0. The molecule has 12 nitrogen and oxygen atoms in total. The predicted octanol–water partition coefficient (Wildman–Crippen LogP) is 2.75. The topological polar surface area (TPSA) is 235 Å². The maximum atomic E-state index is 11.0. The summed E-state index contributed by atoms with van der Waals surface area (Å²) in [6, 6.07) is 14.5. The summed E-state index contributed by atoms with van der Waals surface area (Å²) in [6.45, 7) is 12.4. The van der Waals surface area contributed by atoms with Crippen LogP contribution in [-0.4, -0.2) is 91.6 Å². The number of carbonyl (C=O) groups excluding carboxylic acids is 2. The first-order valence-electron chi connectivity index (χ1n) is 13.6. The normalized spacial score (nSPS) is 9.83. The molecular weight excluding hydrogens is 720 g/mol. The van der Waals surface area contributed by atoms with Crippen LogP contribution in [-0.2, 0) is 0 Å². The number of thiazole rings is 2. The minimum Gasteiger partial charge on any atom is -0.544 e. The van der Waals surface area contributed by atoms with Gasteiger partial charge < -0.3 is 40.2 Å². The van der Waals surface area contributed by atoms with E-state index in [9.17, 15) is 30.3 Å². The van der Waals surface area contributed by atoms with Gasteiger partial charge in [-0.05, 0) is 62.1 Å². The molecule has 0 aliphatic heterocycles. The van der Waals surface area contributed by atoms with Gasteiger partial charge in [-0.1, -0.05) is 27.7 Å². The Morgan fingerprint density at radius 2 is 1.09 bits per heavy atom. The van der Waals surface area contributed by atoms with Crippen LogP contribution in [0.2, 0.25) is 0 Å². The Balaban J connectivity index is 0.000000846. The number of rotatable bonds is 10. The Labute approximate surface area is 318 Å². The van der Waals surface area contributed by atoms with Gasteiger partial charge in [-0.15, -0.1) is 22.7 Å². The van der Waals surface area contributed by atoms with Crippen LogP contribution in [0, 0.1) is 48.3 Å². The fourth-order valence-corrected chi connectivity index (χ4v) is 5.48. The first kappa shape index (κ1) is 43.6. The molecular formula is C32H34N4O8S2Sr. The van der Waals surface area contributed by atoms with Crippen molar-refractivity contribution >= 4 is 80.1 Å². The quantitative estimate of drug-likeness (QED) is 0.215. The van der Waals surface area contributed by atoms with Crippen molar-refractivity contribution in [1.29, 1.82) is 10.5 Å². The van der Waals surface area contributed by atoms with E-state index in [0.29, 0.717) is 80.2 Å². The molecule has 0 bridgehead atoms. The van der Waals surface area contributed by atoms with Crippen LogP contribution in [0.5, 0.6) is 11.5 Å². The van der Waals surface area contributed by atoms with E-state index >= 15 is 0 Å². The van der Waals surface area contributed by atoms with Crippen LogP contribution in [0.4, 0.5) is 0 Å². The molecule has 244 valence electrons. The van der Waals surface area contributed by atoms with Gasteiger partial charge in [0.15, 0.2) is 0 Å². The number of nitrogens with zero attached hydrogens (tertiary/aromatic N) is 4. The van der Waals surface area contributed by atoms with Gasteiger partial charge in [0.1, 0.15) is 33.7 Å². The molecule has 47 heavy (non-hydrogen) atoms. The Morgan fingerprint density at radius 1 is 0.745 bits per heavy atom. The molecule has 4 N–H and O–H groups in total. The monoisotopic (exact) mass is 754 g/mol. The molecule has 0 atom stereocenters. The first-order chi connectivity index (χ1) is 20.8. The summed E-state index contributed by atoms with van der Waals surface area (Å²) in [6.07, 6.45) is 0. The van der Waals surface area contributed by atoms with Crippen molar-refractivity contribution < 1.29 is 40.2 Å². The molecule has 15 heteroatoms. The van der Waals surface area contributed by atoms with Crippen LogP contribution in [0.1, 0.15) is 69.6 Å². The third-order valence-corrected chi connectivity index (χ3v) is 8.18. The van der Waals surface area contributed by atoms with Crippen molar-refractivity contribution in [3.8, 4) is 44.8 Å². The predicted molar refractivity (Wildman–Crippen MR) is 176 cm³/mol. The number of carboxylic acid groups (broad SMARTS) is 2. The summed E-state index contributed by atoms with van der Waals surface area (Å²) < 4.78 is 11.2. The third-order valence-electron chi connectivity index (χ3n) is 5.80. The second-order valence-electron chi connectivity index (χ2n) is 10.5. The van der Waals surface area contributed by atoms with E-state index in [1.165, 1.54) is 0 Å². The van der Waals surface area contributed by atoms with Crippen molar-refractivity contribution in [3.05, 3.63) is 68.7 Å². The summed E-state index contributed by atoms with van der Waals surface area (Å²) in [4.78, 5) is 30.6. The van der Waals surface area contributed by atoms with Crippen molar-refractivity contribution in [1.82, 2.24) is 9.97 Å². The van der Waals surface area contributed by atoms with Gasteiger partial charge in [0.05, 0.1) is 57.4 Å². The third kappa shape index (κ3) is 12.0. The molecule has 0 aliphatic rings. The van der Waals surface area contributed by atoms with Crippen molar-refractivity contribution in [3.63, 3.8) is 0 Å². The zero-order valence-electron chi connectivity index (χ0n) is 26.8. The fraction of sp³-hybridized carbons (Fsp3) is 0.312. The van der Waals surface area contributed by atoms with Crippen molar-refractivity contribution in [2.24, 2.45) is 11.8 Å². The Hall–Kier alpha value is -3.38. The fourth-order valence-electron chi connectivity index (χ4n) is 3.68. The molecule has 0 saturated heterocycles. The number of nitriles is 2. The maximum absolute atomic E-state index is 11.0. The molecule has 0 spiro atoms. The molecule has 0 fully saturated rings. The van der Waals surface area contributed by atoms with E-state index < -0.39 is 11.9 Å². The summed E-state index contributed by atoms with van der Waals surface area (Å²) in [5.41, 5.74) is 3.02. The molecule has 4 rings (SSSR count). The second-order valence-corrected chi connectivity index (χ2v) is 12.5. The number of carboxylic acids is 2. The Morgan fingerprint density at radius 3 is 1.34 bits per heavy atom. The van der Waals surface area contributed by atoms with Crippen LogP contribution in [0.25, 0.3) is 21.1 Å². The summed E-state index contributed by atoms with van der Waals surface area (Å²) >= 11 is 2.08. The molecule has 2 aromatic carbocycles. The van der Waals surface area contributed by atoms with Crippen molar-refractivity contribution in [2.45, 2.75) is 41.5 Å². The van der Waals surface area contributed by atoms with Gasteiger partial charge in [0.2, 0.25) is 0 Å². The summed E-state index contributed by atoms with van der Waals surface area (Å²) in [7, 11) is 0. The average molecular weight is 754 g/mol. The van der Waals surface area contributed by atoms with Gasteiger partial charge in [0.25, 0.3) is 0 Å². The molecule has 0 radical (unpaired) electrons. The van der Waals surface area contributed by atoms with E-state index in [2.05, 4.69) is 22.1 Å². The van der Waals surface area contributed by atoms with E-state index in [0.717, 1.165) is 22.7 Å². The van der Waals surface area contributed by atoms with E-state index in [-0.39, 0.29) is 66.2 Å². The summed E-state index contributed by atoms with van der Waals surface area (Å²) in [5, 5.41) is 41.6. The van der Waals surface area contributed by atoms with Gasteiger partial charge in [-0.3, -0.25) is 0 Å². The Kier molecular flexibility index (Phi) is 18.6. The molecule has 0 unspecified atom stereocenters. The second kappa shape index (κ2) is 20.1. The van der Waals surface area contributed by atoms with E-state index in [1.54, 1.807) is 50.2 Å². The van der Waals surface area contributed by atoms with Gasteiger partial charge in [-0.2, -0.15) is 10.5 Å². The van der Waals surface area contributed by atoms with Crippen LogP contribution < -0.4 is 19.7 Å². The maximum Gasteiger partial charge on any atom is 2.00 e. The molecule has 2 heterocycles. The number of carbonyl (C=O) groups is 2. The van der Waals surface area contributed by atoms with Crippen LogP contribution in [0.3, 0.4) is 0 Å². The average Bonchev–Trinajstić information content (AvgIpc) is 3.57. The number of aryl methyl sites for hydroxylation is 2. The SMILES string of the molecule is Cc1nc(-c2ccc(OCC(C)C)c(C#N)c2)sc1C(=O)[O-].Cc1nc(-c2ccc(OCC(C)C)c(C#N)c2)sc1C(=O)[O-].O.O.[Sr+2]. The molecule has 0 aliphatic carbocycles. The largest absolute Gasteiger partial charge is 2.00 e. The first-order valence-corrected chi connectivity index (χ1v) is 15.2. The number of aromatic carboxylic acids is 2. The van der Waals surface area contributed by atoms with E-state index in [4.69, 9.17) is 9.47 Å². The zero-order chi connectivity index (χ0) is 32.6. The number of benzene rings is 2. The van der Waals surface area contributed by atoms with Gasteiger partial charge in [0, 0.05) is 11.1 Å². The van der Waals surface area contributed by atoms with Crippen LogP contribution >= 0.6 is 22.7 Å².